The number of fused-ring (bicyclic) bond motifs is 2. The molecule has 9 heteroatoms. The van der Waals surface area contributed by atoms with Crippen molar-refractivity contribution in [1.82, 2.24) is 15.0 Å². The van der Waals surface area contributed by atoms with Crippen LogP contribution in [0, 0.1) is 11.3 Å². The molecule has 4 rings (SSSR count). The standard InChI is InChI=1S/C19H18ClN5OS2/c1-10(27-19-23-14-7-11(20)9-22-16(14)24-19)17(26)25-18-13(8-21)12-5-3-2-4-6-15(12)28-18/h7,9-10H,2-6H2,1H3,(H,25,26)(H,22,23,24)/t10-/m1/s1. The molecule has 3 aromatic rings. The predicted octanol–water partition coefficient (Wildman–Crippen LogP) is 4.93. The number of nitriles is 1. The van der Waals surface area contributed by atoms with E-state index < -0.39 is 0 Å². The Labute approximate surface area is 175 Å². The van der Waals surface area contributed by atoms with Gasteiger partial charge in [-0.25, -0.2) is 9.97 Å². The fourth-order valence-corrected chi connectivity index (χ4v) is 5.50. The second-order valence-electron chi connectivity index (χ2n) is 6.70. The Hall–Kier alpha value is -2.08. The number of amides is 1. The first-order valence-corrected chi connectivity index (χ1v) is 11.2. The molecule has 3 heterocycles. The number of H-pyrrole nitrogens is 1. The first-order valence-electron chi connectivity index (χ1n) is 9.08. The minimum atomic E-state index is -0.385. The lowest BCUT2D eigenvalue weighted by Crippen LogP contribution is -2.22. The number of hydrogen-bond donors (Lipinski definition) is 2. The molecule has 1 atom stereocenters. The van der Waals surface area contributed by atoms with E-state index in [1.165, 1.54) is 23.1 Å². The van der Waals surface area contributed by atoms with Crippen molar-refractivity contribution < 1.29 is 4.79 Å². The normalized spacial score (nSPS) is 14.9. The molecule has 0 aliphatic heterocycles. The van der Waals surface area contributed by atoms with Crippen LogP contribution in [0.5, 0.6) is 0 Å². The highest BCUT2D eigenvalue weighted by Gasteiger charge is 2.23. The molecule has 0 spiro atoms. The molecule has 1 aliphatic carbocycles. The summed E-state index contributed by atoms with van der Waals surface area (Å²) in [5, 5.41) is 14.0. The third kappa shape index (κ3) is 3.88. The predicted molar refractivity (Wildman–Crippen MR) is 113 cm³/mol. The summed E-state index contributed by atoms with van der Waals surface area (Å²) >= 11 is 8.81. The summed E-state index contributed by atoms with van der Waals surface area (Å²) in [6.45, 7) is 1.82. The molecule has 2 N–H and O–H groups in total. The summed E-state index contributed by atoms with van der Waals surface area (Å²) in [5.41, 5.74) is 3.06. The number of hydrogen-bond acceptors (Lipinski definition) is 6. The van der Waals surface area contributed by atoms with Crippen LogP contribution in [0.3, 0.4) is 0 Å². The van der Waals surface area contributed by atoms with Crippen LogP contribution in [-0.4, -0.2) is 26.1 Å². The molecule has 0 radical (unpaired) electrons. The Morgan fingerprint density at radius 2 is 2.25 bits per heavy atom. The fourth-order valence-electron chi connectivity index (χ4n) is 3.29. The summed E-state index contributed by atoms with van der Waals surface area (Å²) in [6, 6.07) is 4.05. The summed E-state index contributed by atoms with van der Waals surface area (Å²) < 4.78 is 0. The molecule has 1 aliphatic rings. The van der Waals surface area contributed by atoms with Gasteiger partial charge in [-0.1, -0.05) is 29.8 Å². The van der Waals surface area contributed by atoms with Gasteiger partial charge in [0, 0.05) is 11.1 Å². The SMILES string of the molecule is C[C@@H](Sc1nc2ncc(Cl)cc2[nH]1)C(=O)Nc1sc2c(c1C#N)CCCCC2. The molecule has 1 amide bonds. The molecule has 0 unspecified atom stereocenters. The van der Waals surface area contributed by atoms with Crippen molar-refractivity contribution >= 4 is 56.8 Å². The summed E-state index contributed by atoms with van der Waals surface area (Å²) in [4.78, 5) is 25.6. The summed E-state index contributed by atoms with van der Waals surface area (Å²) in [6.07, 6.45) is 6.88. The van der Waals surface area contributed by atoms with Crippen LogP contribution in [0.4, 0.5) is 5.00 Å². The molecule has 144 valence electrons. The number of thioether (sulfide) groups is 1. The Balaban J connectivity index is 1.49. The maximum Gasteiger partial charge on any atom is 0.238 e. The molecule has 3 aromatic heterocycles. The molecule has 28 heavy (non-hydrogen) atoms. The molecular formula is C19H18ClN5OS2. The molecule has 6 nitrogen and oxygen atoms in total. The van der Waals surface area contributed by atoms with Gasteiger partial charge in [0.05, 0.1) is 21.4 Å². The Bertz CT molecular complexity index is 1080. The highest BCUT2D eigenvalue weighted by Crippen LogP contribution is 2.37. The second-order valence-corrected chi connectivity index (χ2v) is 9.57. The maximum atomic E-state index is 12.7. The zero-order valence-corrected chi connectivity index (χ0v) is 17.6. The van der Waals surface area contributed by atoms with E-state index >= 15 is 0 Å². The lowest BCUT2D eigenvalue weighted by molar-refractivity contribution is -0.115. The van der Waals surface area contributed by atoms with Crippen molar-refractivity contribution in [2.75, 3.05) is 5.32 Å². The second kappa shape index (κ2) is 8.11. The molecule has 0 bridgehead atoms. The first kappa shape index (κ1) is 19.2. The third-order valence-electron chi connectivity index (χ3n) is 4.71. The first-order chi connectivity index (χ1) is 13.5. The van der Waals surface area contributed by atoms with Gasteiger partial charge in [0.15, 0.2) is 10.8 Å². The van der Waals surface area contributed by atoms with Crippen molar-refractivity contribution in [3.8, 4) is 6.07 Å². The lowest BCUT2D eigenvalue weighted by Gasteiger charge is -2.09. The largest absolute Gasteiger partial charge is 0.331 e. The molecular weight excluding hydrogens is 414 g/mol. The van der Waals surface area contributed by atoms with Gasteiger partial charge >= 0.3 is 0 Å². The van der Waals surface area contributed by atoms with Gasteiger partial charge in [-0.15, -0.1) is 11.3 Å². The van der Waals surface area contributed by atoms with Crippen LogP contribution in [0.15, 0.2) is 17.4 Å². The summed E-state index contributed by atoms with van der Waals surface area (Å²) in [7, 11) is 0. The zero-order valence-electron chi connectivity index (χ0n) is 15.2. The van der Waals surface area contributed by atoms with E-state index in [0.717, 1.165) is 36.8 Å². The van der Waals surface area contributed by atoms with Crippen molar-refractivity contribution in [1.29, 1.82) is 5.26 Å². The summed E-state index contributed by atoms with van der Waals surface area (Å²) in [5.74, 6) is -0.149. The van der Waals surface area contributed by atoms with E-state index in [2.05, 4.69) is 26.3 Å². The van der Waals surface area contributed by atoms with E-state index in [4.69, 9.17) is 11.6 Å². The minimum absolute atomic E-state index is 0.149. The number of thiophene rings is 1. The van der Waals surface area contributed by atoms with Crippen LogP contribution in [0.25, 0.3) is 11.2 Å². The number of halogens is 1. The van der Waals surface area contributed by atoms with E-state index in [-0.39, 0.29) is 11.2 Å². The topological polar surface area (TPSA) is 94.5 Å². The van der Waals surface area contributed by atoms with Gasteiger partial charge < -0.3 is 10.3 Å². The van der Waals surface area contributed by atoms with E-state index in [9.17, 15) is 10.1 Å². The number of aryl methyl sites for hydroxylation is 1. The average Bonchev–Trinajstić information content (AvgIpc) is 3.12. The van der Waals surface area contributed by atoms with Gasteiger partial charge in [-0.2, -0.15) is 5.26 Å². The number of imidazole rings is 1. The van der Waals surface area contributed by atoms with Crippen molar-refractivity contribution in [2.45, 2.75) is 49.4 Å². The highest BCUT2D eigenvalue weighted by molar-refractivity contribution is 8.00. The van der Waals surface area contributed by atoms with Gasteiger partial charge in [-0.05, 0) is 44.2 Å². The van der Waals surface area contributed by atoms with E-state index in [1.54, 1.807) is 23.6 Å². The van der Waals surface area contributed by atoms with Crippen molar-refractivity contribution in [3.63, 3.8) is 0 Å². The number of carbonyl (C=O) groups excluding carboxylic acids is 1. The Morgan fingerprint density at radius 1 is 1.43 bits per heavy atom. The number of nitrogens with one attached hydrogen (secondary N) is 2. The number of pyridine rings is 1. The fraction of sp³-hybridized carbons (Fsp3) is 0.368. The molecule has 0 fully saturated rings. The van der Waals surface area contributed by atoms with Crippen LogP contribution >= 0.6 is 34.7 Å². The number of carbonyl (C=O) groups is 1. The average molecular weight is 432 g/mol. The van der Waals surface area contributed by atoms with Crippen LogP contribution in [0.2, 0.25) is 5.02 Å². The number of anilines is 1. The van der Waals surface area contributed by atoms with Crippen molar-refractivity contribution in [3.05, 3.63) is 33.3 Å². The van der Waals surface area contributed by atoms with Gasteiger partial charge in [-0.3, -0.25) is 4.79 Å². The maximum absolute atomic E-state index is 12.7. The van der Waals surface area contributed by atoms with E-state index in [0.29, 0.717) is 26.4 Å². The third-order valence-corrected chi connectivity index (χ3v) is 7.11. The van der Waals surface area contributed by atoms with Crippen LogP contribution in [-0.2, 0) is 17.6 Å². The quantitative estimate of drug-likeness (QED) is 0.451. The zero-order chi connectivity index (χ0) is 19.7. The van der Waals surface area contributed by atoms with Gasteiger partial charge in [0.2, 0.25) is 5.91 Å². The monoisotopic (exact) mass is 431 g/mol. The lowest BCUT2D eigenvalue weighted by atomic mass is 10.1. The van der Waals surface area contributed by atoms with Gasteiger partial charge in [0.1, 0.15) is 11.1 Å². The Morgan fingerprint density at radius 3 is 3.07 bits per heavy atom. The molecule has 0 aromatic carbocycles. The van der Waals surface area contributed by atoms with Gasteiger partial charge in [0.25, 0.3) is 0 Å². The molecule has 0 saturated carbocycles. The van der Waals surface area contributed by atoms with Crippen molar-refractivity contribution in [2.24, 2.45) is 0 Å². The van der Waals surface area contributed by atoms with Crippen LogP contribution < -0.4 is 5.32 Å². The smallest absolute Gasteiger partial charge is 0.238 e. The number of aromatic nitrogens is 3. The minimum Gasteiger partial charge on any atom is -0.331 e. The van der Waals surface area contributed by atoms with E-state index in [1.807, 2.05) is 6.92 Å². The highest BCUT2D eigenvalue weighted by atomic mass is 35.5. The van der Waals surface area contributed by atoms with Crippen LogP contribution in [0.1, 0.15) is 42.2 Å². The molecule has 0 saturated heterocycles. The number of rotatable bonds is 4. The number of aromatic amines is 1. The Kier molecular flexibility index (Phi) is 5.58. The number of nitrogens with zero attached hydrogens (tertiary/aromatic N) is 3.